The molecule has 186 valence electrons. The summed E-state index contributed by atoms with van der Waals surface area (Å²) < 4.78 is 0. The number of aryl methyl sites for hydroxylation is 3. The number of hydrogen-bond acceptors (Lipinski definition) is 0. The minimum Gasteiger partial charge on any atom is -0.0913 e. The van der Waals surface area contributed by atoms with E-state index in [0.29, 0.717) is 17.2 Å². The number of benzene rings is 3. The van der Waals surface area contributed by atoms with E-state index in [4.69, 9.17) is 0 Å². The summed E-state index contributed by atoms with van der Waals surface area (Å²) >= 11 is 0. The lowest BCUT2D eigenvalue weighted by Gasteiger charge is -2.44. The van der Waals surface area contributed by atoms with Gasteiger partial charge < -0.3 is 0 Å². The lowest BCUT2D eigenvalue weighted by molar-refractivity contribution is 0.524. The van der Waals surface area contributed by atoms with E-state index in [-0.39, 0.29) is 7.92 Å². The van der Waals surface area contributed by atoms with Crippen LogP contribution in [0.1, 0.15) is 109 Å². The Labute approximate surface area is 216 Å². The number of rotatable bonds is 10. The van der Waals surface area contributed by atoms with Crippen LogP contribution >= 0.6 is 7.92 Å². The molecule has 1 fully saturated rings. The summed E-state index contributed by atoms with van der Waals surface area (Å²) in [5.41, 5.74) is 10.2. The molecule has 2 atom stereocenters. The molecule has 0 saturated carbocycles. The quantitative estimate of drug-likeness (QED) is 0.198. The average Bonchev–Trinajstić information content (AvgIpc) is 2.87. The molecule has 1 aliphatic heterocycles. The highest BCUT2D eigenvalue weighted by molar-refractivity contribution is 7.58. The van der Waals surface area contributed by atoms with E-state index >= 15 is 0 Å². The third-order valence-corrected chi connectivity index (χ3v) is 11.5. The van der Waals surface area contributed by atoms with Crippen molar-refractivity contribution in [3.05, 3.63) is 106 Å². The molecule has 0 bridgehead atoms. The molecule has 0 amide bonds. The molecule has 1 heteroatoms. The molecule has 1 aliphatic rings. The monoisotopic (exact) mass is 484 g/mol. The summed E-state index contributed by atoms with van der Waals surface area (Å²) in [5, 5.41) is 0. The van der Waals surface area contributed by atoms with Gasteiger partial charge in [0.2, 0.25) is 0 Å². The van der Waals surface area contributed by atoms with Crippen molar-refractivity contribution in [3.63, 3.8) is 0 Å². The van der Waals surface area contributed by atoms with Crippen LogP contribution in [0.25, 0.3) is 0 Å². The van der Waals surface area contributed by atoms with E-state index in [1.165, 1.54) is 74.2 Å². The van der Waals surface area contributed by atoms with Crippen LogP contribution in [-0.2, 0) is 0 Å². The van der Waals surface area contributed by atoms with Gasteiger partial charge in [-0.3, -0.25) is 0 Å². The molecule has 1 saturated heterocycles. The van der Waals surface area contributed by atoms with Crippen molar-refractivity contribution in [2.24, 2.45) is 0 Å². The van der Waals surface area contributed by atoms with Crippen LogP contribution in [0.15, 0.2) is 72.8 Å². The topological polar surface area (TPSA) is 0 Å². The third-order valence-electron chi connectivity index (χ3n) is 8.06. The van der Waals surface area contributed by atoms with Gasteiger partial charge in [0.05, 0.1) is 0 Å². The second kappa shape index (κ2) is 12.9. The van der Waals surface area contributed by atoms with Crippen molar-refractivity contribution < 1.29 is 0 Å². The van der Waals surface area contributed by atoms with E-state index < -0.39 is 0 Å². The van der Waals surface area contributed by atoms with Gasteiger partial charge in [-0.15, -0.1) is 0 Å². The minimum absolute atomic E-state index is 0.118. The average molecular weight is 485 g/mol. The summed E-state index contributed by atoms with van der Waals surface area (Å²) in [5.74, 6) is 0.636. The molecule has 35 heavy (non-hydrogen) atoms. The van der Waals surface area contributed by atoms with Crippen LogP contribution in [-0.4, -0.2) is 6.16 Å². The van der Waals surface area contributed by atoms with Crippen LogP contribution in [0.4, 0.5) is 0 Å². The van der Waals surface area contributed by atoms with Crippen molar-refractivity contribution in [2.75, 3.05) is 6.16 Å². The highest BCUT2D eigenvalue weighted by atomic mass is 31.1. The van der Waals surface area contributed by atoms with Crippen LogP contribution in [0.3, 0.4) is 0 Å². The van der Waals surface area contributed by atoms with Gasteiger partial charge in [-0.1, -0.05) is 136 Å². The Morgan fingerprint density at radius 1 is 0.543 bits per heavy atom. The van der Waals surface area contributed by atoms with Crippen LogP contribution in [0, 0.1) is 20.8 Å². The predicted molar refractivity (Wildman–Crippen MR) is 156 cm³/mol. The summed E-state index contributed by atoms with van der Waals surface area (Å²) in [4.78, 5) is 0. The fraction of sp³-hybridized carbons (Fsp3) is 0.471. The van der Waals surface area contributed by atoms with Gasteiger partial charge >= 0.3 is 0 Å². The molecular formula is C34H45P. The minimum atomic E-state index is -0.118. The molecule has 4 rings (SSSR count). The van der Waals surface area contributed by atoms with Gasteiger partial charge in [-0.05, 0) is 68.8 Å². The molecule has 0 aromatic heterocycles. The van der Waals surface area contributed by atoms with Crippen molar-refractivity contribution in [2.45, 2.75) is 96.3 Å². The van der Waals surface area contributed by atoms with Gasteiger partial charge in [0.1, 0.15) is 0 Å². The fourth-order valence-electron chi connectivity index (χ4n) is 5.85. The smallest absolute Gasteiger partial charge is 0.00531 e. The van der Waals surface area contributed by atoms with Crippen LogP contribution in [0.2, 0.25) is 0 Å². The molecule has 0 spiro atoms. The summed E-state index contributed by atoms with van der Waals surface area (Å²) in [6.07, 6.45) is 12.4. The summed E-state index contributed by atoms with van der Waals surface area (Å²) in [6, 6.07) is 28.6. The lowest BCUT2D eigenvalue weighted by Crippen LogP contribution is -2.19. The van der Waals surface area contributed by atoms with Crippen molar-refractivity contribution >= 4 is 7.92 Å². The molecule has 0 aliphatic carbocycles. The van der Waals surface area contributed by atoms with E-state index in [1.807, 2.05) is 0 Å². The first kappa shape index (κ1) is 26.2. The standard InChI is InChI=1S/C34H45P/c1-5-6-7-8-9-10-23-35-33(30-19-13-27(3)14-20-30)24-32(29-17-11-26(2)12-18-29)25-34(35)31-21-15-28(4)16-22-31/h11-22,32-34H,5-10,23-25H2,1-4H3. The SMILES string of the molecule is CCCCCCCCP1C(c2ccc(C)cc2)CC(c2ccc(C)cc2)CC1c1ccc(C)cc1. The van der Waals surface area contributed by atoms with Gasteiger partial charge in [-0.2, -0.15) is 0 Å². The normalized spacial score (nSPS) is 22.3. The Bertz CT molecular complexity index is 960. The van der Waals surface area contributed by atoms with Gasteiger partial charge in [-0.25, -0.2) is 0 Å². The van der Waals surface area contributed by atoms with Crippen molar-refractivity contribution in [1.82, 2.24) is 0 Å². The molecule has 0 radical (unpaired) electrons. The molecule has 0 N–H and O–H groups in total. The molecular weight excluding hydrogens is 439 g/mol. The van der Waals surface area contributed by atoms with Gasteiger partial charge in [0.15, 0.2) is 0 Å². The fourth-order valence-corrected chi connectivity index (χ4v) is 9.66. The Kier molecular flexibility index (Phi) is 9.62. The van der Waals surface area contributed by atoms with Crippen LogP contribution in [0.5, 0.6) is 0 Å². The molecule has 1 heterocycles. The Hall–Kier alpha value is -1.91. The predicted octanol–water partition coefficient (Wildman–Crippen LogP) is 10.8. The summed E-state index contributed by atoms with van der Waals surface area (Å²) in [7, 11) is -0.118. The first-order valence-electron chi connectivity index (χ1n) is 14.0. The Morgan fingerprint density at radius 2 is 0.943 bits per heavy atom. The zero-order valence-electron chi connectivity index (χ0n) is 22.5. The van der Waals surface area contributed by atoms with Crippen molar-refractivity contribution in [1.29, 1.82) is 0 Å². The van der Waals surface area contributed by atoms with E-state index in [2.05, 4.69) is 100 Å². The number of hydrogen-bond donors (Lipinski definition) is 0. The maximum Gasteiger partial charge on any atom is 0.00531 e. The first-order chi connectivity index (χ1) is 17.0. The largest absolute Gasteiger partial charge is 0.0913 e. The van der Waals surface area contributed by atoms with Gasteiger partial charge in [0, 0.05) is 11.3 Å². The maximum absolute atomic E-state index is 2.44. The molecule has 0 nitrogen and oxygen atoms in total. The second-order valence-corrected chi connectivity index (χ2v) is 13.7. The van der Waals surface area contributed by atoms with Gasteiger partial charge in [0.25, 0.3) is 0 Å². The van der Waals surface area contributed by atoms with Crippen LogP contribution < -0.4 is 0 Å². The second-order valence-electron chi connectivity index (χ2n) is 10.9. The Morgan fingerprint density at radius 3 is 1.40 bits per heavy atom. The lowest BCUT2D eigenvalue weighted by atomic mass is 9.85. The Balaban J connectivity index is 1.65. The summed E-state index contributed by atoms with van der Waals surface area (Å²) in [6.45, 7) is 8.95. The zero-order chi connectivity index (χ0) is 24.6. The first-order valence-corrected chi connectivity index (χ1v) is 15.7. The van der Waals surface area contributed by atoms with E-state index in [1.54, 1.807) is 16.7 Å². The zero-order valence-corrected chi connectivity index (χ0v) is 23.4. The molecule has 3 aromatic carbocycles. The highest BCUT2D eigenvalue weighted by Crippen LogP contribution is 2.70. The van der Waals surface area contributed by atoms with Crippen molar-refractivity contribution in [3.8, 4) is 0 Å². The number of unbranched alkanes of at least 4 members (excludes halogenated alkanes) is 5. The molecule has 3 aromatic rings. The van der Waals surface area contributed by atoms with E-state index in [0.717, 1.165) is 0 Å². The third kappa shape index (κ3) is 7.07. The molecule has 2 unspecified atom stereocenters. The van der Waals surface area contributed by atoms with E-state index in [9.17, 15) is 0 Å². The highest BCUT2D eigenvalue weighted by Gasteiger charge is 2.39. The maximum atomic E-state index is 2.44.